The van der Waals surface area contributed by atoms with Crippen molar-refractivity contribution >= 4 is 0 Å². The Labute approximate surface area is 180 Å². The lowest BCUT2D eigenvalue weighted by atomic mass is 9.83. The molecule has 2 saturated heterocycles. The second kappa shape index (κ2) is 10.5. The maximum absolute atomic E-state index is 9.90. The average molecular weight is 423 g/mol. The molecule has 0 radical (unpaired) electrons. The molecule has 2 fully saturated rings. The topological polar surface area (TPSA) is 66.4 Å². The fourth-order valence-corrected chi connectivity index (χ4v) is 4.63. The Hall–Kier alpha value is -1.02. The summed E-state index contributed by atoms with van der Waals surface area (Å²) in [6.07, 6.45) is -1.48. The summed E-state index contributed by atoms with van der Waals surface area (Å²) < 4.78 is 30.5. The van der Waals surface area contributed by atoms with Gasteiger partial charge in [-0.2, -0.15) is 0 Å². The lowest BCUT2D eigenvalue weighted by Gasteiger charge is -2.48. The molecule has 0 bridgehead atoms. The largest absolute Gasteiger partial charge is 0.394 e. The molecule has 6 nitrogen and oxygen atoms in total. The molecule has 4 unspecified atom stereocenters. The molecule has 2 aliphatic heterocycles. The van der Waals surface area contributed by atoms with Gasteiger partial charge in [0.1, 0.15) is 6.10 Å². The van der Waals surface area contributed by atoms with Crippen LogP contribution in [0.5, 0.6) is 0 Å². The van der Waals surface area contributed by atoms with Crippen molar-refractivity contribution in [3.63, 3.8) is 0 Å². The van der Waals surface area contributed by atoms with Crippen LogP contribution in [0.15, 0.2) is 30.3 Å². The van der Waals surface area contributed by atoms with E-state index in [-0.39, 0.29) is 54.9 Å². The number of aliphatic hydroxyl groups is 1. The predicted octanol–water partition coefficient (Wildman–Crippen LogP) is 3.61. The predicted molar refractivity (Wildman–Crippen MR) is 114 cm³/mol. The maximum atomic E-state index is 9.90. The Balaban J connectivity index is 1.70. The van der Waals surface area contributed by atoms with Gasteiger partial charge in [-0.05, 0) is 18.4 Å². The van der Waals surface area contributed by atoms with E-state index >= 15 is 0 Å². The highest BCUT2D eigenvalue weighted by molar-refractivity contribution is 5.13. The summed E-state index contributed by atoms with van der Waals surface area (Å²) in [5, 5.41) is 9.90. The third kappa shape index (κ3) is 5.06. The highest BCUT2D eigenvalue weighted by Gasteiger charge is 2.47. The Kier molecular flexibility index (Phi) is 8.30. The molecule has 3 rings (SSSR count). The van der Waals surface area contributed by atoms with Gasteiger partial charge in [-0.25, -0.2) is 0 Å². The van der Waals surface area contributed by atoms with E-state index in [9.17, 15) is 5.11 Å². The summed E-state index contributed by atoms with van der Waals surface area (Å²) in [7, 11) is 1.63. The van der Waals surface area contributed by atoms with Crippen molar-refractivity contribution in [3.8, 4) is 0 Å². The Morgan fingerprint density at radius 1 is 0.833 bits per heavy atom. The molecule has 170 valence electrons. The standard InChI is InChI=1S/C24H38O6/c1-14-15(2)23(26-6)29-20(12-25)22(14)30-24-17(4)21(16(3)18(5)28-24)27-13-19-10-8-7-9-11-19/h7-11,14-18,20-25H,12-13H2,1-6H3/t14-,15?,16-,17?,18?,20?,21-,22+,23+,24+/m1/s1. The van der Waals surface area contributed by atoms with E-state index in [4.69, 9.17) is 23.7 Å². The molecule has 0 amide bonds. The van der Waals surface area contributed by atoms with E-state index in [1.165, 1.54) is 0 Å². The quantitative estimate of drug-likeness (QED) is 0.724. The molecule has 0 spiro atoms. The van der Waals surface area contributed by atoms with Crippen LogP contribution in [0.4, 0.5) is 0 Å². The van der Waals surface area contributed by atoms with Gasteiger partial charge >= 0.3 is 0 Å². The van der Waals surface area contributed by atoms with E-state index in [1.807, 2.05) is 18.2 Å². The van der Waals surface area contributed by atoms with Crippen LogP contribution in [0.25, 0.3) is 0 Å². The SMILES string of the molecule is CO[C@H]1OC(CO)[C@@H](O[C@@H]2OC(C)[C@@H](C)[C@@H](OCc3ccccc3)C2C)[C@H](C)C1C. The number of aliphatic hydroxyl groups excluding tert-OH is 1. The molecule has 1 aromatic rings. The number of hydrogen-bond acceptors (Lipinski definition) is 6. The molecule has 0 aliphatic carbocycles. The van der Waals surface area contributed by atoms with E-state index in [2.05, 4.69) is 46.8 Å². The van der Waals surface area contributed by atoms with Gasteiger partial charge in [0.05, 0.1) is 31.5 Å². The zero-order valence-corrected chi connectivity index (χ0v) is 19.1. The minimum Gasteiger partial charge on any atom is -0.394 e. The number of methoxy groups -OCH3 is 1. The van der Waals surface area contributed by atoms with Gasteiger partial charge in [-0.1, -0.05) is 58.0 Å². The Morgan fingerprint density at radius 3 is 2.17 bits per heavy atom. The van der Waals surface area contributed by atoms with Crippen LogP contribution in [0.3, 0.4) is 0 Å². The summed E-state index contributed by atoms with van der Waals surface area (Å²) in [6, 6.07) is 10.2. The van der Waals surface area contributed by atoms with Gasteiger partial charge in [-0.15, -0.1) is 0 Å². The van der Waals surface area contributed by atoms with Crippen LogP contribution in [0, 0.1) is 23.7 Å². The zero-order valence-electron chi connectivity index (χ0n) is 19.1. The number of benzene rings is 1. The Bertz CT molecular complexity index is 638. The molecular formula is C24H38O6. The van der Waals surface area contributed by atoms with Gasteiger partial charge < -0.3 is 28.8 Å². The molecule has 30 heavy (non-hydrogen) atoms. The van der Waals surface area contributed by atoms with Crippen LogP contribution < -0.4 is 0 Å². The maximum Gasteiger partial charge on any atom is 0.163 e. The van der Waals surface area contributed by atoms with Crippen molar-refractivity contribution in [2.24, 2.45) is 23.7 Å². The lowest BCUT2D eigenvalue weighted by Crippen LogP contribution is -2.57. The van der Waals surface area contributed by atoms with Crippen molar-refractivity contribution in [1.82, 2.24) is 0 Å². The smallest absolute Gasteiger partial charge is 0.163 e. The highest BCUT2D eigenvalue weighted by Crippen LogP contribution is 2.38. The summed E-state index contributed by atoms with van der Waals surface area (Å²) in [6.45, 7) is 11.0. The normalized spacial score (nSPS) is 42.2. The minimum atomic E-state index is -0.449. The first-order valence-electron chi connectivity index (χ1n) is 11.1. The second-order valence-electron chi connectivity index (χ2n) is 8.97. The summed E-state index contributed by atoms with van der Waals surface area (Å²) in [5.41, 5.74) is 1.16. The lowest BCUT2D eigenvalue weighted by molar-refractivity contribution is -0.329. The number of hydrogen-bond donors (Lipinski definition) is 1. The van der Waals surface area contributed by atoms with Gasteiger partial charge in [-0.3, -0.25) is 0 Å². The third-order valence-electron chi connectivity index (χ3n) is 7.00. The molecule has 6 heteroatoms. The zero-order chi connectivity index (χ0) is 21.8. The average Bonchev–Trinajstić information content (AvgIpc) is 2.76. The molecule has 0 saturated carbocycles. The Morgan fingerprint density at radius 2 is 1.53 bits per heavy atom. The van der Waals surface area contributed by atoms with Crippen molar-refractivity contribution in [2.45, 2.75) is 78.2 Å². The van der Waals surface area contributed by atoms with E-state index in [0.717, 1.165) is 5.56 Å². The summed E-state index contributed by atoms with van der Waals surface area (Å²) in [4.78, 5) is 0. The molecule has 10 atom stereocenters. The van der Waals surface area contributed by atoms with Gasteiger partial charge in [0.25, 0.3) is 0 Å². The van der Waals surface area contributed by atoms with E-state index < -0.39 is 12.4 Å². The monoisotopic (exact) mass is 422 g/mol. The molecule has 1 aromatic carbocycles. The van der Waals surface area contributed by atoms with Crippen molar-refractivity contribution in [3.05, 3.63) is 35.9 Å². The highest BCUT2D eigenvalue weighted by atomic mass is 16.7. The van der Waals surface area contributed by atoms with E-state index in [0.29, 0.717) is 6.61 Å². The van der Waals surface area contributed by atoms with Crippen LogP contribution in [0.1, 0.15) is 40.2 Å². The fourth-order valence-electron chi connectivity index (χ4n) is 4.63. The van der Waals surface area contributed by atoms with Gasteiger partial charge in [0, 0.05) is 24.9 Å². The van der Waals surface area contributed by atoms with Crippen LogP contribution in [0.2, 0.25) is 0 Å². The second-order valence-corrected chi connectivity index (χ2v) is 8.97. The fraction of sp³-hybridized carbons (Fsp3) is 0.750. The minimum absolute atomic E-state index is 0.00325. The van der Waals surface area contributed by atoms with Crippen molar-refractivity contribution in [1.29, 1.82) is 0 Å². The molecule has 1 N–H and O–H groups in total. The van der Waals surface area contributed by atoms with Crippen LogP contribution in [-0.4, -0.2) is 55.8 Å². The van der Waals surface area contributed by atoms with Crippen LogP contribution in [-0.2, 0) is 30.3 Å². The van der Waals surface area contributed by atoms with Gasteiger partial charge in [0.15, 0.2) is 12.6 Å². The van der Waals surface area contributed by atoms with Crippen molar-refractivity contribution < 1.29 is 28.8 Å². The number of ether oxygens (including phenoxy) is 5. The first-order valence-corrected chi connectivity index (χ1v) is 11.1. The third-order valence-corrected chi connectivity index (χ3v) is 7.00. The first kappa shape index (κ1) is 23.6. The molecule has 2 heterocycles. The first-order chi connectivity index (χ1) is 14.4. The summed E-state index contributed by atoms with van der Waals surface area (Å²) >= 11 is 0. The van der Waals surface area contributed by atoms with Crippen molar-refractivity contribution in [2.75, 3.05) is 13.7 Å². The number of rotatable bonds is 7. The molecule has 2 aliphatic rings. The van der Waals surface area contributed by atoms with E-state index in [1.54, 1.807) is 7.11 Å². The van der Waals surface area contributed by atoms with Crippen LogP contribution >= 0.6 is 0 Å². The molecule has 0 aromatic heterocycles. The van der Waals surface area contributed by atoms with Gasteiger partial charge in [0.2, 0.25) is 0 Å². The molecular weight excluding hydrogens is 384 g/mol. The summed E-state index contributed by atoms with van der Waals surface area (Å²) in [5.74, 6) is 0.578.